The van der Waals surface area contributed by atoms with Crippen LogP contribution in [0.1, 0.15) is 11.1 Å². The number of hydrogen-bond acceptors (Lipinski definition) is 8. The molecule has 2 rings (SSSR count). The van der Waals surface area contributed by atoms with Crippen molar-refractivity contribution in [3.8, 4) is 17.2 Å². The molecule has 0 spiro atoms. The lowest BCUT2D eigenvalue weighted by molar-refractivity contribution is 0.373. The Morgan fingerprint density at radius 3 is 1.79 bits per heavy atom. The molecular formula is C19H21NO7S2. The second-order valence-electron chi connectivity index (χ2n) is 5.98. The van der Waals surface area contributed by atoms with Crippen molar-refractivity contribution in [3.63, 3.8) is 0 Å². The van der Waals surface area contributed by atoms with E-state index in [2.05, 4.69) is 0 Å². The van der Waals surface area contributed by atoms with Gasteiger partial charge in [0.2, 0.25) is 0 Å². The second-order valence-corrected chi connectivity index (χ2v) is 10.1. The maximum absolute atomic E-state index is 12.2. The molecule has 0 heterocycles. The van der Waals surface area contributed by atoms with Crippen LogP contribution in [-0.2, 0) is 19.7 Å². The van der Waals surface area contributed by atoms with Gasteiger partial charge in [-0.15, -0.1) is 0 Å². The van der Waals surface area contributed by atoms with Gasteiger partial charge in [0.15, 0.2) is 36.3 Å². The summed E-state index contributed by atoms with van der Waals surface area (Å²) in [4.78, 5) is 0. The van der Waals surface area contributed by atoms with Crippen LogP contribution in [0.2, 0.25) is 0 Å². The van der Waals surface area contributed by atoms with Crippen molar-refractivity contribution in [1.82, 2.24) is 0 Å². The first-order chi connectivity index (χ1) is 13.5. The van der Waals surface area contributed by atoms with Gasteiger partial charge in [-0.2, -0.15) is 0 Å². The van der Waals surface area contributed by atoms with E-state index in [1.807, 2.05) is 0 Å². The standard InChI is InChI=1S/C19H21NO7S2/c1-26-18-5-3-14(11-16(18)20)7-9-28(22,23)13-29(24,25)10-8-15-4-6-19(27-2)17(21)12-15/h3-12,21H,13,20H2,1-2H3. The van der Waals surface area contributed by atoms with Crippen molar-refractivity contribution in [2.24, 2.45) is 0 Å². The van der Waals surface area contributed by atoms with Crippen LogP contribution in [0.3, 0.4) is 0 Å². The number of phenolic OH excluding ortho intramolecular Hbond substituents is 1. The number of methoxy groups -OCH3 is 2. The lowest BCUT2D eigenvalue weighted by Crippen LogP contribution is -2.11. The van der Waals surface area contributed by atoms with Gasteiger partial charge in [0.1, 0.15) is 5.75 Å². The van der Waals surface area contributed by atoms with E-state index in [0.29, 0.717) is 22.6 Å². The van der Waals surface area contributed by atoms with Crippen molar-refractivity contribution in [2.45, 2.75) is 0 Å². The molecule has 0 radical (unpaired) electrons. The highest BCUT2D eigenvalue weighted by Gasteiger charge is 2.17. The number of rotatable bonds is 8. The fourth-order valence-electron chi connectivity index (χ4n) is 2.34. The van der Waals surface area contributed by atoms with Gasteiger partial charge in [0, 0.05) is 10.8 Å². The highest BCUT2D eigenvalue weighted by atomic mass is 32.3. The topological polar surface area (TPSA) is 133 Å². The normalized spacial score (nSPS) is 12.5. The van der Waals surface area contributed by atoms with Crippen molar-refractivity contribution < 1.29 is 31.4 Å². The number of sulfone groups is 2. The summed E-state index contributed by atoms with van der Waals surface area (Å²) in [5.74, 6) is 0.514. The van der Waals surface area contributed by atoms with Gasteiger partial charge in [-0.05, 0) is 47.5 Å². The Balaban J connectivity index is 2.13. The summed E-state index contributed by atoms with van der Waals surface area (Å²) in [6, 6.07) is 8.95. The first-order valence-corrected chi connectivity index (χ1v) is 11.6. The molecule has 8 nitrogen and oxygen atoms in total. The van der Waals surface area contributed by atoms with E-state index in [9.17, 15) is 21.9 Å². The summed E-state index contributed by atoms with van der Waals surface area (Å²) < 4.78 is 58.6. The predicted octanol–water partition coefficient (Wildman–Crippen LogP) is 2.42. The van der Waals surface area contributed by atoms with Gasteiger partial charge in [0.05, 0.1) is 19.9 Å². The zero-order valence-corrected chi connectivity index (χ0v) is 17.4. The van der Waals surface area contributed by atoms with E-state index in [4.69, 9.17) is 15.2 Å². The third-order valence-electron chi connectivity index (χ3n) is 3.72. The van der Waals surface area contributed by atoms with Crippen LogP contribution in [0.15, 0.2) is 47.2 Å². The zero-order chi connectivity index (χ0) is 21.7. The Kier molecular flexibility index (Phi) is 6.93. The van der Waals surface area contributed by atoms with Crippen LogP contribution in [0.4, 0.5) is 5.69 Å². The monoisotopic (exact) mass is 439 g/mol. The van der Waals surface area contributed by atoms with Crippen LogP contribution in [0, 0.1) is 0 Å². The van der Waals surface area contributed by atoms with Crippen molar-refractivity contribution in [2.75, 3.05) is 25.0 Å². The Labute approximate surface area is 169 Å². The average Bonchev–Trinajstić information content (AvgIpc) is 2.64. The molecule has 2 aromatic rings. The number of nitrogens with two attached hydrogens (primary N) is 1. The molecule has 0 unspecified atom stereocenters. The molecule has 0 aromatic heterocycles. The molecule has 0 atom stereocenters. The first kappa shape index (κ1) is 22.3. The fourth-order valence-corrected chi connectivity index (χ4v) is 5.53. The number of ether oxygens (including phenoxy) is 2. The molecule has 29 heavy (non-hydrogen) atoms. The summed E-state index contributed by atoms with van der Waals surface area (Å²) >= 11 is 0. The van der Waals surface area contributed by atoms with Crippen molar-refractivity contribution in [3.05, 3.63) is 58.3 Å². The number of hydrogen-bond donors (Lipinski definition) is 2. The molecule has 2 aromatic carbocycles. The summed E-state index contributed by atoms with van der Waals surface area (Å²) in [5.41, 5.74) is 6.93. The van der Waals surface area contributed by atoms with Gasteiger partial charge in [-0.3, -0.25) is 0 Å². The third kappa shape index (κ3) is 6.54. The summed E-state index contributed by atoms with van der Waals surface area (Å²) in [6.07, 6.45) is 2.45. The highest BCUT2D eigenvalue weighted by molar-refractivity contribution is 8.10. The Hall–Kier alpha value is -2.98. The van der Waals surface area contributed by atoms with Crippen LogP contribution in [0.25, 0.3) is 12.2 Å². The van der Waals surface area contributed by atoms with Crippen LogP contribution < -0.4 is 15.2 Å². The van der Waals surface area contributed by atoms with Crippen LogP contribution >= 0.6 is 0 Å². The molecule has 0 fully saturated rings. The van der Waals surface area contributed by atoms with Gasteiger partial charge < -0.3 is 20.3 Å². The highest BCUT2D eigenvalue weighted by Crippen LogP contribution is 2.27. The van der Waals surface area contributed by atoms with E-state index in [-0.39, 0.29) is 11.5 Å². The summed E-state index contributed by atoms with van der Waals surface area (Å²) in [6.45, 7) is 0. The van der Waals surface area contributed by atoms with E-state index >= 15 is 0 Å². The molecule has 0 saturated heterocycles. The minimum Gasteiger partial charge on any atom is -0.504 e. The molecule has 0 aliphatic carbocycles. The summed E-state index contributed by atoms with van der Waals surface area (Å²) in [7, 11) is -5.28. The number of aromatic hydroxyl groups is 1. The number of phenols is 1. The predicted molar refractivity (Wildman–Crippen MR) is 113 cm³/mol. The molecule has 0 aliphatic rings. The van der Waals surface area contributed by atoms with E-state index < -0.39 is 24.8 Å². The molecule has 0 saturated carbocycles. The number of anilines is 1. The molecule has 0 amide bonds. The average molecular weight is 440 g/mol. The van der Waals surface area contributed by atoms with Crippen molar-refractivity contribution >= 4 is 37.5 Å². The second kappa shape index (κ2) is 9.01. The SMILES string of the molecule is COc1ccc(C=CS(=O)(=O)CS(=O)(=O)C=Cc2ccc(OC)c(O)c2)cc1N. The molecular weight excluding hydrogens is 418 g/mol. The first-order valence-electron chi connectivity index (χ1n) is 8.17. The maximum atomic E-state index is 12.2. The summed E-state index contributed by atoms with van der Waals surface area (Å²) in [5, 5.41) is 10.2. The van der Waals surface area contributed by atoms with E-state index in [1.54, 1.807) is 12.1 Å². The third-order valence-corrected chi connectivity index (χ3v) is 7.45. The lowest BCUT2D eigenvalue weighted by atomic mass is 10.2. The van der Waals surface area contributed by atoms with Crippen molar-refractivity contribution in [1.29, 1.82) is 0 Å². The van der Waals surface area contributed by atoms with Crippen LogP contribution in [-0.4, -0.2) is 41.2 Å². The number of nitrogen functional groups attached to an aromatic ring is 1. The Bertz CT molecular complexity index is 1060. The Morgan fingerprint density at radius 1 is 0.862 bits per heavy atom. The van der Waals surface area contributed by atoms with Crippen LogP contribution in [0.5, 0.6) is 17.2 Å². The molecule has 0 bridgehead atoms. The maximum Gasteiger partial charge on any atom is 0.186 e. The van der Waals surface area contributed by atoms with Gasteiger partial charge in [0.25, 0.3) is 0 Å². The molecule has 10 heteroatoms. The smallest absolute Gasteiger partial charge is 0.186 e. The minimum atomic E-state index is -4.07. The molecule has 0 aliphatic heterocycles. The minimum absolute atomic E-state index is 0.165. The molecule has 3 N–H and O–H groups in total. The van der Waals surface area contributed by atoms with E-state index in [1.165, 1.54) is 50.6 Å². The Morgan fingerprint density at radius 2 is 1.34 bits per heavy atom. The van der Waals surface area contributed by atoms with Gasteiger partial charge in [-0.1, -0.05) is 12.1 Å². The van der Waals surface area contributed by atoms with Gasteiger partial charge in [-0.25, -0.2) is 16.8 Å². The van der Waals surface area contributed by atoms with Gasteiger partial charge >= 0.3 is 0 Å². The molecule has 156 valence electrons. The zero-order valence-electron chi connectivity index (χ0n) is 15.8. The lowest BCUT2D eigenvalue weighted by Gasteiger charge is -2.04. The largest absolute Gasteiger partial charge is 0.504 e. The van der Waals surface area contributed by atoms with E-state index in [0.717, 1.165) is 10.8 Å². The number of benzene rings is 2. The fraction of sp³-hybridized carbons (Fsp3) is 0.158. The quantitative estimate of drug-likeness (QED) is 0.599.